The first-order valence-corrected chi connectivity index (χ1v) is 9.92. The summed E-state index contributed by atoms with van der Waals surface area (Å²) in [7, 11) is 0. The fourth-order valence-electron chi connectivity index (χ4n) is 3.29. The van der Waals surface area contributed by atoms with Gasteiger partial charge in [0.1, 0.15) is 6.04 Å². The summed E-state index contributed by atoms with van der Waals surface area (Å²) in [5.74, 6) is -1.31. The molecule has 3 heterocycles. The Kier molecular flexibility index (Phi) is 6.03. The topological polar surface area (TPSA) is 73.7 Å². The van der Waals surface area contributed by atoms with Crippen LogP contribution in [0.25, 0.3) is 0 Å². The predicted octanol–water partition coefficient (Wildman–Crippen LogP) is 3.06. The fraction of sp³-hybridized carbons (Fsp3) is 0.350. The standard InChI is InChI=1S/C20H23N3O3S/c1-3-22(4-2)11-12-23-17(14-8-5-6-10-21-14)16(19(25)20(23)26)18(24)15-9-7-13-27-15/h5-10,13,17,25H,3-4,11-12H2,1-2H3/t17-/m0/s1. The number of rotatable bonds is 8. The van der Waals surface area contributed by atoms with Crippen molar-refractivity contribution in [2.24, 2.45) is 0 Å². The van der Waals surface area contributed by atoms with Crippen molar-refractivity contribution in [1.82, 2.24) is 14.8 Å². The lowest BCUT2D eigenvalue weighted by atomic mass is 9.99. The van der Waals surface area contributed by atoms with Crippen LogP contribution in [0.4, 0.5) is 0 Å². The van der Waals surface area contributed by atoms with E-state index in [0.29, 0.717) is 23.7 Å². The molecule has 1 aliphatic rings. The molecule has 0 saturated carbocycles. The maximum absolute atomic E-state index is 13.0. The van der Waals surface area contributed by atoms with E-state index in [0.717, 1.165) is 13.1 Å². The van der Waals surface area contributed by atoms with Gasteiger partial charge in [0.25, 0.3) is 5.91 Å². The number of pyridine rings is 1. The zero-order valence-electron chi connectivity index (χ0n) is 15.5. The molecule has 0 aromatic carbocycles. The van der Waals surface area contributed by atoms with Gasteiger partial charge in [-0.05, 0) is 36.7 Å². The number of aliphatic hydroxyl groups excluding tert-OH is 1. The molecule has 1 aliphatic heterocycles. The summed E-state index contributed by atoms with van der Waals surface area (Å²) in [5, 5.41) is 12.3. The number of aromatic nitrogens is 1. The van der Waals surface area contributed by atoms with E-state index in [1.165, 1.54) is 11.3 Å². The van der Waals surface area contributed by atoms with Crippen molar-refractivity contribution in [3.05, 3.63) is 63.8 Å². The van der Waals surface area contributed by atoms with Crippen LogP contribution >= 0.6 is 11.3 Å². The van der Waals surface area contributed by atoms with Crippen LogP contribution in [-0.4, -0.2) is 57.8 Å². The molecule has 7 heteroatoms. The first kappa shape index (κ1) is 19.3. The van der Waals surface area contributed by atoms with E-state index in [4.69, 9.17) is 0 Å². The lowest BCUT2D eigenvalue weighted by Crippen LogP contribution is -2.38. The number of likely N-dealkylation sites (N-methyl/N-ethyl adjacent to an activating group) is 1. The van der Waals surface area contributed by atoms with Gasteiger partial charge in [-0.25, -0.2) is 0 Å². The summed E-state index contributed by atoms with van der Waals surface area (Å²) in [5.41, 5.74) is 0.690. The van der Waals surface area contributed by atoms with Crippen LogP contribution in [-0.2, 0) is 4.79 Å². The van der Waals surface area contributed by atoms with E-state index in [2.05, 4.69) is 23.7 Å². The van der Waals surface area contributed by atoms with Gasteiger partial charge in [-0.3, -0.25) is 14.6 Å². The number of ketones is 1. The Morgan fingerprint density at radius 1 is 1.26 bits per heavy atom. The third-order valence-corrected chi connectivity index (χ3v) is 5.68. The summed E-state index contributed by atoms with van der Waals surface area (Å²) in [4.78, 5) is 34.4. The van der Waals surface area contributed by atoms with Crippen molar-refractivity contribution < 1.29 is 14.7 Å². The minimum absolute atomic E-state index is 0.112. The highest BCUT2D eigenvalue weighted by molar-refractivity contribution is 7.12. The molecule has 1 amide bonds. The molecule has 27 heavy (non-hydrogen) atoms. The Hall–Kier alpha value is -2.51. The van der Waals surface area contributed by atoms with Gasteiger partial charge in [-0.15, -0.1) is 11.3 Å². The molecule has 0 unspecified atom stereocenters. The summed E-state index contributed by atoms with van der Waals surface area (Å²) in [6.07, 6.45) is 1.63. The molecule has 2 aromatic rings. The SMILES string of the molecule is CCN(CC)CCN1C(=O)C(O)=C(C(=O)c2cccs2)[C@@H]1c1ccccn1. The quantitative estimate of drug-likeness (QED) is 0.707. The molecule has 0 bridgehead atoms. The lowest BCUT2D eigenvalue weighted by Gasteiger charge is -2.28. The van der Waals surface area contributed by atoms with E-state index in [1.807, 2.05) is 6.07 Å². The number of amides is 1. The molecule has 1 atom stereocenters. The highest BCUT2D eigenvalue weighted by Gasteiger charge is 2.44. The zero-order valence-corrected chi connectivity index (χ0v) is 16.3. The zero-order chi connectivity index (χ0) is 19.4. The number of carbonyl (C=O) groups excluding carboxylic acids is 2. The van der Waals surface area contributed by atoms with Crippen LogP contribution in [0.15, 0.2) is 53.2 Å². The number of thiophene rings is 1. The summed E-state index contributed by atoms with van der Waals surface area (Å²) in [6.45, 7) is 6.93. The Bertz CT molecular complexity index is 829. The van der Waals surface area contributed by atoms with Crippen LogP contribution in [0.2, 0.25) is 0 Å². The third kappa shape index (κ3) is 3.79. The highest BCUT2D eigenvalue weighted by atomic mass is 32.1. The molecule has 0 aliphatic carbocycles. The molecule has 142 valence electrons. The van der Waals surface area contributed by atoms with E-state index in [1.54, 1.807) is 40.7 Å². The summed E-state index contributed by atoms with van der Waals surface area (Å²) < 4.78 is 0. The van der Waals surface area contributed by atoms with Crippen LogP contribution in [0.5, 0.6) is 0 Å². The van der Waals surface area contributed by atoms with Crippen molar-refractivity contribution in [2.75, 3.05) is 26.2 Å². The van der Waals surface area contributed by atoms with E-state index in [9.17, 15) is 14.7 Å². The van der Waals surface area contributed by atoms with E-state index in [-0.39, 0.29) is 11.4 Å². The maximum Gasteiger partial charge on any atom is 0.290 e. The fourth-order valence-corrected chi connectivity index (χ4v) is 3.97. The smallest absolute Gasteiger partial charge is 0.290 e. The van der Waals surface area contributed by atoms with Gasteiger partial charge in [0.05, 0.1) is 16.1 Å². The number of carbonyl (C=O) groups is 2. The van der Waals surface area contributed by atoms with Gasteiger partial charge in [-0.1, -0.05) is 26.0 Å². The van der Waals surface area contributed by atoms with Gasteiger partial charge in [-0.2, -0.15) is 0 Å². The van der Waals surface area contributed by atoms with Gasteiger partial charge in [0, 0.05) is 19.3 Å². The maximum atomic E-state index is 13.0. The van der Waals surface area contributed by atoms with Crippen molar-refractivity contribution in [1.29, 1.82) is 0 Å². The van der Waals surface area contributed by atoms with Crippen molar-refractivity contribution >= 4 is 23.0 Å². The predicted molar refractivity (Wildman–Crippen MR) is 105 cm³/mol. The first-order chi connectivity index (χ1) is 13.1. The molecule has 2 aromatic heterocycles. The van der Waals surface area contributed by atoms with Gasteiger partial charge in [0.2, 0.25) is 5.78 Å². The molecule has 0 radical (unpaired) electrons. The molecule has 3 rings (SSSR count). The number of hydrogen-bond acceptors (Lipinski definition) is 6. The normalized spacial score (nSPS) is 17.2. The molecular weight excluding hydrogens is 362 g/mol. The van der Waals surface area contributed by atoms with Crippen molar-refractivity contribution in [3.8, 4) is 0 Å². The van der Waals surface area contributed by atoms with Gasteiger partial charge in [0.15, 0.2) is 5.76 Å². The molecule has 0 spiro atoms. The molecular formula is C20H23N3O3S. The average Bonchev–Trinajstić information content (AvgIpc) is 3.31. The molecule has 1 N–H and O–H groups in total. The van der Waals surface area contributed by atoms with Gasteiger partial charge >= 0.3 is 0 Å². The number of nitrogens with zero attached hydrogens (tertiary/aromatic N) is 3. The Balaban J connectivity index is 1.98. The Morgan fingerprint density at radius 3 is 2.63 bits per heavy atom. The largest absolute Gasteiger partial charge is 0.503 e. The number of Topliss-reactive ketones (excluding diaryl/α,β-unsaturated/α-hetero) is 1. The molecule has 0 saturated heterocycles. The highest BCUT2D eigenvalue weighted by Crippen LogP contribution is 2.38. The summed E-state index contributed by atoms with van der Waals surface area (Å²) in [6, 6.07) is 8.18. The van der Waals surface area contributed by atoms with Crippen LogP contribution in [0.3, 0.4) is 0 Å². The van der Waals surface area contributed by atoms with E-state index >= 15 is 0 Å². The second-order valence-electron chi connectivity index (χ2n) is 6.25. The average molecular weight is 385 g/mol. The molecule has 6 nitrogen and oxygen atoms in total. The Labute approximate surface area is 162 Å². The minimum atomic E-state index is -0.677. The third-order valence-electron chi connectivity index (χ3n) is 4.81. The lowest BCUT2D eigenvalue weighted by molar-refractivity contribution is -0.129. The molecule has 0 fully saturated rings. The number of hydrogen-bond donors (Lipinski definition) is 1. The van der Waals surface area contributed by atoms with Crippen LogP contribution in [0.1, 0.15) is 35.3 Å². The van der Waals surface area contributed by atoms with Crippen molar-refractivity contribution in [2.45, 2.75) is 19.9 Å². The minimum Gasteiger partial charge on any atom is -0.503 e. The van der Waals surface area contributed by atoms with Crippen molar-refractivity contribution in [3.63, 3.8) is 0 Å². The van der Waals surface area contributed by atoms with Crippen LogP contribution in [0, 0.1) is 0 Å². The second kappa shape index (κ2) is 8.45. The van der Waals surface area contributed by atoms with E-state index < -0.39 is 17.7 Å². The monoisotopic (exact) mass is 385 g/mol. The summed E-state index contributed by atoms with van der Waals surface area (Å²) >= 11 is 1.29. The Morgan fingerprint density at radius 2 is 2.04 bits per heavy atom. The second-order valence-corrected chi connectivity index (χ2v) is 7.20. The number of aliphatic hydroxyl groups is 1. The van der Waals surface area contributed by atoms with Gasteiger partial charge < -0.3 is 14.9 Å². The first-order valence-electron chi connectivity index (χ1n) is 9.04. The van der Waals surface area contributed by atoms with Crippen LogP contribution < -0.4 is 0 Å².